The number of nitrogens with zero attached hydrogens (tertiary/aromatic N) is 3. The summed E-state index contributed by atoms with van der Waals surface area (Å²) in [5.41, 5.74) is -3.28. The summed E-state index contributed by atoms with van der Waals surface area (Å²) in [6.07, 6.45) is -0.581. The Morgan fingerprint density at radius 1 is 1.05 bits per heavy atom. The third-order valence-corrected chi connectivity index (χ3v) is 6.70. The monoisotopic (exact) mass is 586 g/mol. The fraction of sp³-hybridized carbons (Fsp3) is 0.600. The van der Waals surface area contributed by atoms with Gasteiger partial charge in [0.1, 0.15) is 11.2 Å². The van der Waals surface area contributed by atoms with Crippen molar-refractivity contribution in [2.24, 2.45) is 0 Å². The van der Waals surface area contributed by atoms with Gasteiger partial charge < -0.3 is 30.7 Å². The molecule has 4 amide bonds. The molecule has 3 rings (SSSR count). The Labute approximate surface area is 247 Å². The molecule has 1 saturated heterocycles. The average Bonchev–Trinajstić information content (AvgIpc) is 3.23. The summed E-state index contributed by atoms with van der Waals surface area (Å²) < 4.78 is 8.52. The highest BCUT2D eigenvalue weighted by atomic mass is 16.6. The van der Waals surface area contributed by atoms with E-state index in [2.05, 4.69) is 16.0 Å². The van der Waals surface area contributed by atoms with Gasteiger partial charge in [0.2, 0.25) is 0 Å². The molecule has 2 unspecified atom stereocenters. The minimum absolute atomic E-state index is 0.0449. The lowest BCUT2D eigenvalue weighted by atomic mass is 9.95. The SMILES string of the molecule is Cc1c(C(=O)NC2CN(C(=O)OC(C)(C)C)CC2(C)NC(=O)NC(C)(C)C)c(=O)n(-c2ccccc2)n1CC(C)(C)O. The smallest absolute Gasteiger partial charge is 0.410 e. The highest BCUT2D eigenvalue weighted by Crippen LogP contribution is 2.25. The van der Waals surface area contributed by atoms with Gasteiger partial charge in [-0.15, -0.1) is 0 Å². The molecule has 1 aromatic heterocycles. The van der Waals surface area contributed by atoms with E-state index in [1.54, 1.807) is 77.4 Å². The number of carbonyl (C=O) groups excluding carboxylic acids is 3. The first-order valence-corrected chi connectivity index (χ1v) is 14.1. The first-order chi connectivity index (χ1) is 19.1. The first kappa shape index (κ1) is 32.7. The number of benzene rings is 1. The maximum Gasteiger partial charge on any atom is 0.410 e. The van der Waals surface area contributed by atoms with E-state index in [1.807, 2.05) is 26.8 Å². The maximum atomic E-state index is 13.8. The van der Waals surface area contributed by atoms with Crippen LogP contribution in [-0.4, -0.2) is 78.8 Å². The van der Waals surface area contributed by atoms with E-state index in [9.17, 15) is 24.3 Å². The normalized spacial score (nSPS) is 19.4. The van der Waals surface area contributed by atoms with Crippen LogP contribution in [0.5, 0.6) is 0 Å². The van der Waals surface area contributed by atoms with E-state index in [1.165, 1.54) is 9.58 Å². The van der Waals surface area contributed by atoms with Crippen molar-refractivity contribution in [3.8, 4) is 5.69 Å². The predicted molar refractivity (Wildman–Crippen MR) is 160 cm³/mol. The summed E-state index contributed by atoms with van der Waals surface area (Å²) in [4.78, 5) is 55.0. The molecule has 42 heavy (non-hydrogen) atoms. The molecule has 2 atom stereocenters. The van der Waals surface area contributed by atoms with Gasteiger partial charge in [-0.2, -0.15) is 0 Å². The summed E-state index contributed by atoms with van der Waals surface area (Å²) in [6, 6.07) is 7.64. The van der Waals surface area contributed by atoms with E-state index >= 15 is 0 Å². The second-order valence-electron chi connectivity index (χ2n) is 13.9. The van der Waals surface area contributed by atoms with Gasteiger partial charge in [0.25, 0.3) is 11.5 Å². The predicted octanol–water partition coefficient (Wildman–Crippen LogP) is 2.92. The summed E-state index contributed by atoms with van der Waals surface area (Å²) in [7, 11) is 0. The van der Waals surface area contributed by atoms with Gasteiger partial charge in [0.15, 0.2) is 0 Å². The second-order valence-corrected chi connectivity index (χ2v) is 13.9. The minimum atomic E-state index is -1.18. The number of nitrogens with one attached hydrogen (secondary N) is 3. The molecule has 1 aliphatic heterocycles. The lowest BCUT2D eigenvalue weighted by molar-refractivity contribution is 0.0280. The number of hydrogen-bond donors (Lipinski definition) is 4. The minimum Gasteiger partial charge on any atom is -0.444 e. The second kappa shape index (κ2) is 11.5. The van der Waals surface area contributed by atoms with E-state index in [0.29, 0.717) is 11.4 Å². The quantitative estimate of drug-likeness (QED) is 0.409. The number of carbonyl (C=O) groups is 3. The van der Waals surface area contributed by atoms with Crippen molar-refractivity contribution in [2.75, 3.05) is 13.1 Å². The molecule has 0 spiro atoms. The number of amides is 4. The third kappa shape index (κ3) is 7.93. The zero-order valence-electron chi connectivity index (χ0n) is 26.4. The molecule has 12 heteroatoms. The Hall–Kier alpha value is -3.80. The van der Waals surface area contributed by atoms with Gasteiger partial charge in [-0.3, -0.25) is 14.3 Å². The number of hydrogen-bond acceptors (Lipinski definition) is 6. The van der Waals surface area contributed by atoms with Gasteiger partial charge in [-0.05, 0) is 81.4 Å². The van der Waals surface area contributed by atoms with Crippen LogP contribution in [0.4, 0.5) is 9.59 Å². The van der Waals surface area contributed by atoms with Gasteiger partial charge >= 0.3 is 12.1 Å². The maximum absolute atomic E-state index is 13.8. The van der Waals surface area contributed by atoms with Crippen LogP contribution in [-0.2, 0) is 11.3 Å². The molecule has 0 aliphatic carbocycles. The lowest BCUT2D eigenvalue weighted by Crippen LogP contribution is -2.63. The van der Waals surface area contributed by atoms with Gasteiger partial charge in [-0.25, -0.2) is 14.3 Å². The number of likely N-dealkylation sites (tertiary alicyclic amines) is 1. The van der Waals surface area contributed by atoms with Crippen LogP contribution >= 0.6 is 0 Å². The molecular formula is C30H46N6O6. The van der Waals surface area contributed by atoms with Crippen LogP contribution < -0.4 is 21.5 Å². The van der Waals surface area contributed by atoms with Crippen LogP contribution in [0.3, 0.4) is 0 Å². The topological polar surface area (TPSA) is 147 Å². The van der Waals surface area contributed by atoms with Crippen LogP contribution in [0.25, 0.3) is 5.69 Å². The van der Waals surface area contributed by atoms with Crippen molar-refractivity contribution in [2.45, 2.75) is 104 Å². The third-order valence-electron chi connectivity index (χ3n) is 6.70. The van der Waals surface area contributed by atoms with Gasteiger partial charge in [0.05, 0.1) is 35.1 Å². The summed E-state index contributed by atoms with van der Waals surface area (Å²) in [6.45, 7) is 17.6. The summed E-state index contributed by atoms with van der Waals surface area (Å²) in [5, 5.41) is 19.3. The van der Waals surface area contributed by atoms with Crippen molar-refractivity contribution in [3.05, 3.63) is 51.9 Å². The average molecular weight is 587 g/mol. The highest BCUT2D eigenvalue weighted by molar-refractivity contribution is 5.95. The highest BCUT2D eigenvalue weighted by Gasteiger charge is 2.48. The van der Waals surface area contributed by atoms with Crippen molar-refractivity contribution in [3.63, 3.8) is 0 Å². The Bertz CT molecular complexity index is 1380. The Balaban J connectivity index is 2.01. The van der Waals surface area contributed by atoms with Crippen molar-refractivity contribution in [1.29, 1.82) is 0 Å². The van der Waals surface area contributed by atoms with Crippen LogP contribution in [0, 0.1) is 6.92 Å². The van der Waals surface area contributed by atoms with Gasteiger partial charge in [0, 0.05) is 18.6 Å². The molecule has 232 valence electrons. The number of rotatable bonds is 6. The number of aromatic nitrogens is 2. The molecule has 1 aliphatic rings. The molecule has 12 nitrogen and oxygen atoms in total. The Morgan fingerprint density at radius 3 is 2.17 bits per heavy atom. The largest absolute Gasteiger partial charge is 0.444 e. The summed E-state index contributed by atoms with van der Waals surface area (Å²) in [5.74, 6) is -0.656. The molecule has 0 bridgehead atoms. The van der Waals surface area contributed by atoms with Gasteiger partial charge in [-0.1, -0.05) is 18.2 Å². The molecule has 2 heterocycles. The number of urea groups is 1. The fourth-order valence-electron chi connectivity index (χ4n) is 4.94. The van der Waals surface area contributed by atoms with Crippen molar-refractivity contribution < 1.29 is 24.2 Å². The Morgan fingerprint density at radius 2 is 1.64 bits per heavy atom. The molecule has 1 aromatic carbocycles. The van der Waals surface area contributed by atoms with Crippen LogP contribution in [0.2, 0.25) is 0 Å². The standard InChI is InChI=1S/C30H46N6O6/c1-19-22(24(38)36(20-14-12-11-13-15-20)35(19)17-29(8,9)41)23(37)31-21-16-34(26(40)42-28(5,6)7)18-30(21,10)33-25(39)32-27(2,3)4/h11-15,21,41H,16-18H2,1-10H3,(H,31,37)(H2,32,33,39). The lowest BCUT2D eigenvalue weighted by Gasteiger charge is -2.33. The number of aliphatic hydroxyl groups is 1. The first-order valence-electron chi connectivity index (χ1n) is 14.1. The van der Waals surface area contributed by atoms with E-state index in [0.717, 1.165) is 0 Å². The van der Waals surface area contributed by atoms with E-state index in [4.69, 9.17) is 4.74 Å². The number of para-hydroxylation sites is 1. The molecule has 0 saturated carbocycles. The zero-order chi connectivity index (χ0) is 31.8. The van der Waals surface area contributed by atoms with Crippen LogP contribution in [0.15, 0.2) is 35.1 Å². The molecule has 2 aromatic rings. The van der Waals surface area contributed by atoms with E-state index < -0.39 is 51.9 Å². The molecular weight excluding hydrogens is 540 g/mol. The molecule has 1 fully saturated rings. The number of ether oxygens (including phenoxy) is 1. The Kier molecular flexibility index (Phi) is 8.93. The van der Waals surface area contributed by atoms with E-state index in [-0.39, 0.29) is 25.2 Å². The zero-order valence-corrected chi connectivity index (χ0v) is 26.4. The summed E-state index contributed by atoms with van der Waals surface area (Å²) >= 11 is 0. The van der Waals surface area contributed by atoms with Crippen molar-refractivity contribution >= 4 is 18.0 Å². The van der Waals surface area contributed by atoms with Crippen molar-refractivity contribution in [1.82, 2.24) is 30.2 Å². The van der Waals surface area contributed by atoms with Crippen LogP contribution in [0.1, 0.15) is 78.4 Å². The fourth-order valence-corrected chi connectivity index (χ4v) is 4.94. The molecule has 4 N–H and O–H groups in total. The molecule has 0 radical (unpaired) electrons.